The molecule has 0 bridgehead atoms. The highest BCUT2D eigenvalue weighted by Crippen LogP contribution is 2.22. The lowest BCUT2D eigenvalue weighted by Crippen LogP contribution is -2.28. The smallest absolute Gasteiger partial charge is 0.224 e. The van der Waals surface area contributed by atoms with Crippen LogP contribution in [0.5, 0.6) is 11.5 Å². The lowest BCUT2D eigenvalue weighted by Gasteiger charge is -2.15. The standard InChI is InChI=1S/C18H19F2NO3/c1-11(13-5-7-17(24-3)15(20)10-13)21-18(22)9-12-4-6-16(23-2)14(19)8-12/h4-8,10-11H,9H2,1-3H3,(H,21,22)/t11-/m0/s1. The fraction of sp³-hybridized carbons (Fsp3) is 0.278. The number of benzene rings is 2. The molecule has 0 aliphatic carbocycles. The third kappa shape index (κ3) is 4.22. The van der Waals surface area contributed by atoms with Gasteiger partial charge in [-0.25, -0.2) is 8.78 Å². The van der Waals surface area contributed by atoms with E-state index >= 15 is 0 Å². The zero-order valence-corrected chi connectivity index (χ0v) is 13.7. The minimum atomic E-state index is -0.520. The Kier molecular flexibility index (Phi) is 5.73. The number of ether oxygens (including phenoxy) is 2. The van der Waals surface area contributed by atoms with Crippen LogP contribution in [0.1, 0.15) is 24.1 Å². The summed E-state index contributed by atoms with van der Waals surface area (Å²) >= 11 is 0. The molecule has 2 rings (SSSR count). The topological polar surface area (TPSA) is 47.6 Å². The van der Waals surface area contributed by atoms with E-state index in [4.69, 9.17) is 9.47 Å². The van der Waals surface area contributed by atoms with Crippen LogP contribution in [0.15, 0.2) is 36.4 Å². The molecule has 0 unspecified atom stereocenters. The van der Waals surface area contributed by atoms with E-state index in [0.29, 0.717) is 11.1 Å². The normalized spacial score (nSPS) is 11.7. The molecule has 0 fully saturated rings. The molecule has 0 aliphatic rings. The highest BCUT2D eigenvalue weighted by Gasteiger charge is 2.13. The van der Waals surface area contributed by atoms with Crippen LogP contribution in [0, 0.1) is 11.6 Å². The van der Waals surface area contributed by atoms with Crippen LogP contribution in [0.25, 0.3) is 0 Å². The van der Waals surface area contributed by atoms with Gasteiger partial charge in [0.05, 0.1) is 26.7 Å². The average molecular weight is 335 g/mol. The van der Waals surface area contributed by atoms with Gasteiger partial charge in [0, 0.05) is 0 Å². The Balaban J connectivity index is 2.01. The second-order valence-electron chi connectivity index (χ2n) is 5.33. The van der Waals surface area contributed by atoms with E-state index in [1.807, 2.05) is 0 Å². The van der Waals surface area contributed by atoms with Crippen LogP contribution >= 0.6 is 0 Å². The van der Waals surface area contributed by atoms with Crippen LogP contribution in [0.2, 0.25) is 0 Å². The van der Waals surface area contributed by atoms with Crippen molar-refractivity contribution < 1.29 is 23.0 Å². The summed E-state index contributed by atoms with van der Waals surface area (Å²) in [6, 6.07) is 8.47. The molecule has 1 atom stereocenters. The largest absolute Gasteiger partial charge is 0.494 e. The molecular formula is C18H19F2NO3. The quantitative estimate of drug-likeness (QED) is 0.880. The van der Waals surface area contributed by atoms with Crippen LogP contribution < -0.4 is 14.8 Å². The molecule has 0 saturated heterocycles. The molecule has 1 N–H and O–H groups in total. The Hall–Kier alpha value is -2.63. The van der Waals surface area contributed by atoms with Crippen molar-refractivity contribution >= 4 is 5.91 Å². The number of halogens is 2. The first-order chi connectivity index (χ1) is 11.4. The van der Waals surface area contributed by atoms with Gasteiger partial charge in [-0.1, -0.05) is 12.1 Å². The number of nitrogens with one attached hydrogen (secondary N) is 1. The van der Waals surface area contributed by atoms with Gasteiger partial charge in [-0.3, -0.25) is 4.79 Å². The van der Waals surface area contributed by atoms with E-state index in [1.54, 1.807) is 19.1 Å². The van der Waals surface area contributed by atoms with Crippen LogP contribution in [-0.4, -0.2) is 20.1 Å². The van der Waals surface area contributed by atoms with Crippen molar-refractivity contribution in [3.05, 3.63) is 59.2 Å². The van der Waals surface area contributed by atoms with Gasteiger partial charge in [0.15, 0.2) is 23.1 Å². The molecule has 1 amide bonds. The zero-order chi connectivity index (χ0) is 17.7. The molecule has 0 heterocycles. The van der Waals surface area contributed by atoms with Crippen molar-refractivity contribution in [1.82, 2.24) is 5.32 Å². The highest BCUT2D eigenvalue weighted by molar-refractivity contribution is 5.79. The van der Waals surface area contributed by atoms with Gasteiger partial charge in [-0.05, 0) is 42.3 Å². The van der Waals surface area contributed by atoms with Gasteiger partial charge in [-0.2, -0.15) is 0 Å². The number of carbonyl (C=O) groups excluding carboxylic acids is 1. The summed E-state index contributed by atoms with van der Waals surface area (Å²) < 4.78 is 37.1. The van der Waals surface area contributed by atoms with Gasteiger partial charge >= 0.3 is 0 Å². The second-order valence-corrected chi connectivity index (χ2v) is 5.33. The molecule has 0 radical (unpaired) electrons. The minimum Gasteiger partial charge on any atom is -0.494 e. The van der Waals surface area contributed by atoms with E-state index in [9.17, 15) is 13.6 Å². The third-order valence-corrected chi connectivity index (χ3v) is 3.63. The van der Waals surface area contributed by atoms with Crippen LogP contribution in [-0.2, 0) is 11.2 Å². The molecule has 0 spiro atoms. The summed E-state index contributed by atoms with van der Waals surface area (Å²) in [6.07, 6.45) is 0.0177. The fourth-order valence-electron chi connectivity index (χ4n) is 2.33. The molecular weight excluding hydrogens is 316 g/mol. The van der Waals surface area contributed by atoms with Gasteiger partial charge in [0.25, 0.3) is 0 Å². The molecule has 24 heavy (non-hydrogen) atoms. The number of methoxy groups -OCH3 is 2. The van der Waals surface area contributed by atoms with Crippen molar-refractivity contribution in [3.8, 4) is 11.5 Å². The predicted molar refractivity (Wildman–Crippen MR) is 86.2 cm³/mol. The van der Waals surface area contributed by atoms with Crippen molar-refractivity contribution in [2.24, 2.45) is 0 Å². The highest BCUT2D eigenvalue weighted by atomic mass is 19.1. The monoisotopic (exact) mass is 335 g/mol. The van der Waals surface area contributed by atoms with Crippen molar-refractivity contribution in [1.29, 1.82) is 0 Å². The Labute approximate surface area is 139 Å². The lowest BCUT2D eigenvalue weighted by molar-refractivity contribution is -0.121. The Bertz CT molecular complexity index is 734. The first kappa shape index (κ1) is 17.7. The summed E-state index contributed by atoms with van der Waals surface area (Å²) in [6.45, 7) is 1.74. The van der Waals surface area contributed by atoms with E-state index < -0.39 is 11.6 Å². The maximum atomic E-state index is 13.7. The molecule has 2 aromatic rings. The maximum Gasteiger partial charge on any atom is 0.224 e. The third-order valence-electron chi connectivity index (χ3n) is 3.63. The molecule has 6 heteroatoms. The molecule has 2 aromatic carbocycles. The van der Waals surface area contributed by atoms with Crippen LogP contribution in [0.3, 0.4) is 0 Å². The summed E-state index contributed by atoms with van der Waals surface area (Å²) in [4.78, 5) is 12.1. The Morgan fingerprint density at radius 2 is 1.62 bits per heavy atom. The van der Waals surface area contributed by atoms with Gasteiger partial charge in [0.2, 0.25) is 5.91 Å². The van der Waals surface area contributed by atoms with Crippen molar-refractivity contribution in [2.75, 3.05) is 14.2 Å². The Morgan fingerprint density at radius 1 is 1.04 bits per heavy atom. The summed E-state index contributed by atoms with van der Waals surface area (Å²) in [5.74, 6) is -1.03. The molecule has 0 aromatic heterocycles. The van der Waals surface area contributed by atoms with E-state index in [2.05, 4.69) is 5.32 Å². The van der Waals surface area contributed by atoms with E-state index in [-0.39, 0.29) is 29.9 Å². The minimum absolute atomic E-state index is 0.0177. The van der Waals surface area contributed by atoms with Crippen LogP contribution in [0.4, 0.5) is 8.78 Å². The van der Waals surface area contributed by atoms with E-state index in [1.165, 1.54) is 38.5 Å². The number of hydrogen-bond acceptors (Lipinski definition) is 3. The molecule has 0 saturated carbocycles. The average Bonchev–Trinajstić information content (AvgIpc) is 2.54. The Morgan fingerprint density at radius 3 is 2.17 bits per heavy atom. The molecule has 0 aliphatic heterocycles. The number of hydrogen-bond donors (Lipinski definition) is 1. The predicted octanol–water partition coefficient (Wildman–Crippen LogP) is 3.40. The van der Waals surface area contributed by atoms with Gasteiger partial charge in [0.1, 0.15) is 0 Å². The van der Waals surface area contributed by atoms with E-state index in [0.717, 1.165) is 0 Å². The number of rotatable bonds is 6. The van der Waals surface area contributed by atoms with Gasteiger partial charge < -0.3 is 14.8 Å². The summed E-state index contributed by atoms with van der Waals surface area (Å²) in [5.41, 5.74) is 1.14. The summed E-state index contributed by atoms with van der Waals surface area (Å²) in [5, 5.41) is 2.76. The lowest BCUT2D eigenvalue weighted by atomic mass is 10.1. The van der Waals surface area contributed by atoms with Crippen molar-refractivity contribution in [3.63, 3.8) is 0 Å². The molecule has 4 nitrogen and oxygen atoms in total. The summed E-state index contributed by atoms with van der Waals surface area (Å²) in [7, 11) is 2.76. The second kappa shape index (κ2) is 7.77. The van der Waals surface area contributed by atoms with Gasteiger partial charge in [-0.15, -0.1) is 0 Å². The van der Waals surface area contributed by atoms with Crippen molar-refractivity contribution in [2.45, 2.75) is 19.4 Å². The number of amides is 1. The fourth-order valence-corrected chi connectivity index (χ4v) is 2.33. The first-order valence-electron chi connectivity index (χ1n) is 7.39. The first-order valence-corrected chi connectivity index (χ1v) is 7.39. The molecule has 128 valence electrons. The zero-order valence-electron chi connectivity index (χ0n) is 13.7. The number of carbonyl (C=O) groups is 1. The SMILES string of the molecule is COc1ccc(CC(=O)N[C@@H](C)c2ccc(OC)c(F)c2)cc1F. The maximum absolute atomic E-state index is 13.7.